The minimum absolute atomic E-state index is 0.865. The Morgan fingerprint density at radius 1 is 0.621 bits per heavy atom. The average molecular weight is 380 g/mol. The number of unbranched alkanes of at least 4 members (excludes halogenated alkanes) is 5. The van der Waals surface area contributed by atoms with Crippen molar-refractivity contribution in [3.8, 4) is 0 Å². The second-order valence-corrected chi connectivity index (χ2v) is 8.50. The highest BCUT2D eigenvalue weighted by molar-refractivity contribution is 6.33. The summed E-state index contributed by atoms with van der Waals surface area (Å²) in [6.45, 7) is 2.28. The van der Waals surface area contributed by atoms with Crippen molar-refractivity contribution in [3.05, 3.63) is 66.2 Å². The molecule has 0 bridgehead atoms. The van der Waals surface area contributed by atoms with E-state index in [0.717, 1.165) is 5.69 Å². The Morgan fingerprint density at radius 2 is 1.31 bits per heavy atom. The van der Waals surface area contributed by atoms with Crippen LogP contribution in [0, 0.1) is 0 Å². The first-order chi connectivity index (χ1) is 14.3. The highest BCUT2D eigenvalue weighted by Crippen LogP contribution is 2.42. The van der Waals surface area contributed by atoms with Crippen LogP contribution in [0.25, 0.3) is 43.1 Å². The molecule has 0 atom stereocenters. The van der Waals surface area contributed by atoms with Gasteiger partial charge in [-0.2, -0.15) is 0 Å². The molecule has 0 aliphatic carbocycles. The molecule has 1 heteroatoms. The molecule has 5 aromatic rings. The van der Waals surface area contributed by atoms with Gasteiger partial charge in [0, 0.05) is 11.1 Å². The van der Waals surface area contributed by atoms with E-state index in [1.165, 1.54) is 93.6 Å². The molecule has 0 aliphatic rings. The van der Waals surface area contributed by atoms with E-state index in [1.807, 2.05) is 0 Å². The first-order valence-corrected chi connectivity index (χ1v) is 11.2. The van der Waals surface area contributed by atoms with E-state index in [0.29, 0.717) is 0 Å². The number of rotatable bonds is 7. The van der Waals surface area contributed by atoms with Crippen LogP contribution in [0.2, 0.25) is 0 Å². The summed E-state index contributed by atoms with van der Waals surface area (Å²) in [5.74, 6) is 0. The number of nitrogens with two attached hydrogens (primary N) is 1. The molecule has 0 aliphatic heterocycles. The average Bonchev–Trinajstić information content (AvgIpc) is 2.75. The highest BCUT2D eigenvalue weighted by Gasteiger charge is 2.14. The lowest BCUT2D eigenvalue weighted by atomic mass is 9.88. The van der Waals surface area contributed by atoms with Crippen molar-refractivity contribution < 1.29 is 0 Å². The van der Waals surface area contributed by atoms with Crippen molar-refractivity contribution in [1.29, 1.82) is 0 Å². The fourth-order valence-electron chi connectivity index (χ4n) is 5.06. The van der Waals surface area contributed by atoms with E-state index in [4.69, 9.17) is 5.73 Å². The third kappa shape index (κ3) is 3.09. The van der Waals surface area contributed by atoms with Gasteiger partial charge in [-0.1, -0.05) is 93.6 Å². The van der Waals surface area contributed by atoms with Crippen LogP contribution >= 0.6 is 0 Å². The van der Waals surface area contributed by atoms with Crippen LogP contribution in [0.1, 0.15) is 51.0 Å². The number of nitrogen functional groups attached to an aromatic ring is 1. The summed E-state index contributed by atoms with van der Waals surface area (Å²) in [6.07, 6.45) is 9.21. The van der Waals surface area contributed by atoms with Gasteiger partial charge in [0.1, 0.15) is 0 Å². The van der Waals surface area contributed by atoms with Gasteiger partial charge in [0.15, 0.2) is 0 Å². The predicted molar refractivity (Wildman–Crippen MR) is 129 cm³/mol. The first-order valence-electron chi connectivity index (χ1n) is 11.2. The molecular formula is C28H29N. The molecule has 0 fully saturated rings. The molecule has 0 saturated carbocycles. The summed E-state index contributed by atoms with van der Waals surface area (Å²) >= 11 is 0. The maximum absolute atomic E-state index is 6.34. The number of anilines is 1. The van der Waals surface area contributed by atoms with Crippen LogP contribution in [0.5, 0.6) is 0 Å². The summed E-state index contributed by atoms with van der Waals surface area (Å²) in [6, 6.07) is 22.4. The Hall–Kier alpha value is -2.80. The van der Waals surface area contributed by atoms with Crippen molar-refractivity contribution in [1.82, 2.24) is 0 Å². The molecule has 0 aromatic heterocycles. The Labute approximate surface area is 172 Å². The smallest absolute Gasteiger partial charge is 0.0394 e. The van der Waals surface area contributed by atoms with Gasteiger partial charge in [0.25, 0.3) is 0 Å². The molecule has 2 N–H and O–H groups in total. The quantitative estimate of drug-likeness (QED) is 0.131. The van der Waals surface area contributed by atoms with Crippen molar-refractivity contribution in [3.63, 3.8) is 0 Å². The standard InChI is InChI=1S/C28H29N/c1-2-3-4-5-6-7-10-19-17-20-11-8-12-21-23-15-16-26(29)24-14-9-13-22(28(23)24)25(18-19)27(20)21/h8-9,11-18H,2-7,10,29H2,1H3. The minimum Gasteiger partial charge on any atom is -0.398 e. The van der Waals surface area contributed by atoms with E-state index in [2.05, 4.69) is 67.6 Å². The van der Waals surface area contributed by atoms with Crippen LogP contribution in [0.4, 0.5) is 5.69 Å². The molecule has 5 aromatic carbocycles. The number of benzene rings is 5. The maximum Gasteiger partial charge on any atom is 0.0394 e. The number of fused-ring (bicyclic) bond motifs is 2. The second kappa shape index (κ2) is 7.55. The molecule has 0 heterocycles. The summed E-state index contributed by atoms with van der Waals surface area (Å²) in [7, 11) is 0. The SMILES string of the molecule is CCCCCCCCc1cc2cccc3c4ccc(N)c5cccc(c(c1)c23)c54. The van der Waals surface area contributed by atoms with Crippen LogP contribution in [-0.2, 0) is 6.42 Å². The molecule has 146 valence electrons. The predicted octanol–water partition coefficient (Wildman–Crippen LogP) is 8.22. The summed E-state index contributed by atoms with van der Waals surface area (Å²) in [4.78, 5) is 0. The van der Waals surface area contributed by atoms with Crippen molar-refractivity contribution >= 4 is 48.8 Å². The van der Waals surface area contributed by atoms with Gasteiger partial charge in [0.2, 0.25) is 0 Å². The van der Waals surface area contributed by atoms with Crippen LogP contribution in [0.3, 0.4) is 0 Å². The lowest BCUT2D eigenvalue weighted by Gasteiger charge is -2.16. The van der Waals surface area contributed by atoms with E-state index >= 15 is 0 Å². The maximum atomic E-state index is 6.34. The molecular weight excluding hydrogens is 350 g/mol. The molecule has 0 spiro atoms. The normalized spacial score (nSPS) is 12.0. The highest BCUT2D eigenvalue weighted by atomic mass is 14.5. The van der Waals surface area contributed by atoms with Crippen LogP contribution in [-0.4, -0.2) is 0 Å². The van der Waals surface area contributed by atoms with E-state index < -0.39 is 0 Å². The number of hydrogen-bond acceptors (Lipinski definition) is 1. The zero-order valence-corrected chi connectivity index (χ0v) is 17.3. The lowest BCUT2D eigenvalue weighted by molar-refractivity contribution is 0.608. The van der Waals surface area contributed by atoms with Crippen LogP contribution < -0.4 is 5.73 Å². The van der Waals surface area contributed by atoms with Crippen molar-refractivity contribution in [2.24, 2.45) is 0 Å². The zero-order chi connectivity index (χ0) is 19.8. The Balaban J connectivity index is 1.65. The van der Waals surface area contributed by atoms with Gasteiger partial charge in [-0.3, -0.25) is 0 Å². The minimum atomic E-state index is 0.865. The summed E-state index contributed by atoms with van der Waals surface area (Å²) in [5.41, 5.74) is 8.66. The van der Waals surface area contributed by atoms with Gasteiger partial charge < -0.3 is 5.73 Å². The largest absolute Gasteiger partial charge is 0.398 e. The van der Waals surface area contributed by atoms with E-state index in [-0.39, 0.29) is 0 Å². The second-order valence-electron chi connectivity index (χ2n) is 8.50. The van der Waals surface area contributed by atoms with E-state index in [9.17, 15) is 0 Å². The molecule has 29 heavy (non-hydrogen) atoms. The van der Waals surface area contributed by atoms with E-state index in [1.54, 1.807) is 0 Å². The van der Waals surface area contributed by atoms with Crippen molar-refractivity contribution in [2.45, 2.75) is 51.9 Å². The fraction of sp³-hybridized carbons (Fsp3) is 0.286. The third-order valence-corrected chi connectivity index (χ3v) is 6.51. The Bertz CT molecular complexity index is 1300. The van der Waals surface area contributed by atoms with Gasteiger partial charge in [-0.15, -0.1) is 0 Å². The fourth-order valence-corrected chi connectivity index (χ4v) is 5.06. The molecule has 1 nitrogen and oxygen atoms in total. The molecule has 0 saturated heterocycles. The molecule has 0 radical (unpaired) electrons. The molecule has 0 amide bonds. The number of hydrogen-bond donors (Lipinski definition) is 1. The summed E-state index contributed by atoms with van der Waals surface area (Å²) in [5, 5.41) is 10.6. The third-order valence-electron chi connectivity index (χ3n) is 6.51. The van der Waals surface area contributed by atoms with Gasteiger partial charge in [0.05, 0.1) is 0 Å². The van der Waals surface area contributed by atoms with Crippen molar-refractivity contribution in [2.75, 3.05) is 5.73 Å². The van der Waals surface area contributed by atoms with Gasteiger partial charge in [-0.25, -0.2) is 0 Å². The van der Waals surface area contributed by atoms with Crippen LogP contribution in [0.15, 0.2) is 60.7 Å². The monoisotopic (exact) mass is 379 g/mol. The topological polar surface area (TPSA) is 26.0 Å². The van der Waals surface area contributed by atoms with Gasteiger partial charge in [-0.05, 0) is 62.2 Å². The van der Waals surface area contributed by atoms with Gasteiger partial charge >= 0.3 is 0 Å². The lowest BCUT2D eigenvalue weighted by Crippen LogP contribution is -1.93. The molecule has 5 rings (SSSR count). The zero-order valence-electron chi connectivity index (χ0n) is 17.3. The number of aryl methyl sites for hydroxylation is 1. The Morgan fingerprint density at radius 3 is 2.17 bits per heavy atom. The Kier molecular flexibility index (Phi) is 4.75. The summed E-state index contributed by atoms with van der Waals surface area (Å²) < 4.78 is 0. The molecule has 0 unspecified atom stereocenters. The first kappa shape index (κ1) is 18.2.